The van der Waals surface area contributed by atoms with Gasteiger partial charge in [0.1, 0.15) is 11.7 Å². The minimum absolute atomic E-state index is 0.0445. The molecule has 0 spiro atoms. The van der Waals surface area contributed by atoms with Gasteiger partial charge >= 0.3 is 12.0 Å². The molecule has 4 heterocycles. The van der Waals surface area contributed by atoms with Gasteiger partial charge in [0.15, 0.2) is 11.6 Å². The van der Waals surface area contributed by atoms with E-state index in [1.54, 1.807) is 23.0 Å². The van der Waals surface area contributed by atoms with Gasteiger partial charge in [0.05, 0.1) is 24.8 Å². The molecule has 7 rings (SSSR count). The summed E-state index contributed by atoms with van der Waals surface area (Å²) in [6.07, 6.45) is 10.1. The van der Waals surface area contributed by atoms with E-state index in [0.717, 1.165) is 30.3 Å². The summed E-state index contributed by atoms with van der Waals surface area (Å²) < 4.78 is 35.6. The summed E-state index contributed by atoms with van der Waals surface area (Å²) in [7, 11) is -3.40. The summed E-state index contributed by atoms with van der Waals surface area (Å²) in [5, 5.41) is 7.93. The average molecular weight is 835 g/mol. The molecule has 3 unspecified atom stereocenters. The molecule has 314 valence electrons. The molecule has 1 saturated carbocycles. The highest BCUT2D eigenvalue weighted by Gasteiger charge is 2.59. The van der Waals surface area contributed by atoms with Gasteiger partial charge < -0.3 is 14.6 Å². The van der Waals surface area contributed by atoms with Crippen molar-refractivity contribution in [2.45, 2.75) is 66.3 Å². The van der Waals surface area contributed by atoms with Crippen LogP contribution in [0.2, 0.25) is 0 Å². The van der Waals surface area contributed by atoms with Crippen molar-refractivity contribution in [3.8, 4) is 11.4 Å². The number of anilines is 3. The molecule has 3 atom stereocenters. The molecule has 2 aliphatic rings. The number of aromatic nitrogens is 7. The van der Waals surface area contributed by atoms with Crippen LogP contribution in [0, 0.1) is 38.2 Å². The maximum absolute atomic E-state index is 15.2. The van der Waals surface area contributed by atoms with E-state index in [2.05, 4.69) is 50.6 Å². The lowest BCUT2D eigenvalue weighted by molar-refractivity contribution is -0.150. The number of benzene rings is 2. The SMILES string of the molecule is [C-]#[N+]C1=C(C(=O)OC2C(C)CC(C)CC2C)c2nc(-c3ccccc3C)nn2C1(N(C(=O)Nc1ncc[nH]1)c1ccc(N(CC)CCNS(C)(=O)=O)cc1C)n1ccnc1. The third-order valence-electron chi connectivity index (χ3n) is 11.3. The van der Waals surface area contributed by atoms with Crippen molar-refractivity contribution in [2.24, 2.45) is 17.8 Å². The van der Waals surface area contributed by atoms with Crippen molar-refractivity contribution < 1.29 is 22.7 Å². The van der Waals surface area contributed by atoms with Crippen LogP contribution < -0.4 is 19.8 Å². The Bertz CT molecular complexity index is 2550. The first-order chi connectivity index (χ1) is 28.7. The third-order valence-corrected chi connectivity index (χ3v) is 12.0. The van der Waals surface area contributed by atoms with Crippen LogP contribution in [-0.4, -0.2) is 86.7 Å². The number of carbonyl (C=O) groups excluding carboxylic acids is 2. The molecule has 1 aliphatic heterocycles. The molecule has 2 amide bonds. The van der Waals surface area contributed by atoms with Crippen LogP contribution in [0.4, 0.5) is 22.1 Å². The zero-order chi connectivity index (χ0) is 42.9. The molecule has 2 aromatic carbocycles. The number of aromatic amines is 1. The van der Waals surface area contributed by atoms with Crippen LogP contribution in [-0.2, 0) is 25.3 Å². The van der Waals surface area contributed by atoms with Gasteiger partial charge in [-0.15, -0.1) is 5.10 Å². The molecule has 1 fully saturated rings. The number of urea groups is 1. The maximum atomic E-state index is 15.2. The lowest BCUT2D eigenvalue weighted by Gasteiger charge is -2.42. The fourth-order valence-corrected chi connectivity index (χ4v) is 9.22. The van der Waals surface area contributed by atoms with Gasteiger partial charge in [-0.3, -0.25) is 14.8 Å². The lowest BCUT2D eigenvalue weighted by atomic mass is 9.75. The van der Waals surface area contributed by atoms with Crippen LogP contribution in [0.15, 0.2) is 79.3 Å². The topological polar surface area (TPSA) is 190 Å². The Labute approximate surface area is 349 Å². The number of H-pyrrole nitrogens is 1. The summed E-state index contributed by atoms with van der Waals surface area (Å²) in [6.45, 7) is 22.1. The predicted molar refractivity (Wildman–Crippen MR) is 228 cm³/mol. The number of imidazole rings is 2. The fourth-order valence-electron chi connectivity index (χ4n) is 8.76. The number of sulfonamides is 1. The second-order valence-electron chi connectivity index (χ2n) is 15.7. The average Bonchev–Trinajstić information content (AvgIpc) is 4.02. The molecule has 60 heavy (non-hydrogen) atoms. The highest BCUT2D eigenvalue weighted by molar-refractivity contribution is 7.88. The summed E-state index contributed by atoms with van der Waals surface area (Å²) in [6, 6.07) is 12.3. The number of amides is 2. The molecule has 3 aromatic heterocycles. The van der Waals surface area contributed by atoms with Crippen molar-refractivity contribution in [3.05, 3.63) is 108 Å². The number of hydrogen-bond donors (Lipinski definition) is 3. The van der Waals surface area contributed by atoms with E-state index in [1.165, 1.54) is 28.3 Å². The molecule has 0 saturated heterocycles. The van der Waals surface area contributed by atoms with E-state index in [0.29, 0.717) is 35.8 Å². The van der Waals surface area contributed by atoms with E-state index in [1.807, 2.05) is 62.1 Å². The number of rotatable bonds is 13. The minimum atomic E-state index is -3.40. The number of esters is 1. The monoisotopic (exact) mass is 834 g/mol. The number of nitrogens with one attached hydrogen (secondary N) is 3. The smallest absolute Gasteiger partial charge is 0.331 e. The van der Waals surface area contributed by atoms with Gasteiger partial charge in [0, 0.05) is 55.7 Å². The van der Waals surface area contributed by atoms with Crippen LogP contribution in [0.3, 0.4) is 0 Å². The first kappa shape index (κ1) is 41.8. The molecule has 0 bridgehead atoms. The van der Waals surface area contributed by atoms with Crippen molar-refractivity contribution >= 4 is 44.9 Å². The third kappa shape index (κ3) is 7.77. The predicted octanol–water partition coefficient (Wildman–Crippen LogP) is 6.01. The summed E-state index contributed by atoms with van der Waals surface area (Å²) in [4.78, 5) is 54.1. The molecular formula is C42H50N12O5S. The van der Waals surface area contributed by atoms with Crippen LogP contribution in [0.25, 0.3) is 21.8 Å². The molecule has 5 aromatic rings. The number of carbonyl (C=O) groups is 2. The zero-order valence-corrected chi connectivity index (χ0v) is 35.6. The Morgan fingerprint density at radius 1 is 1.08 bits per heavy atom. The van der Waals surface area contributed by atoms with E-state index < -0.39 is 33.9 Å². The Balaban J connectivity index is 1.48. The molecule has 17 nitrogen and oxygen atoms in total. The number of hydrogen-bond acceptors (Lipinski definition) is 10. The van der Waals surface area contributed by atoms with Gasteiger partial charge in [-0.05, 0) is 80.7 Å². The largest absolute Gasteiger partial charge is 0.459 e. The summed E-state index contributed by atoms with van der Waals surface area (Å²) >= 11 is 0. The normalized spacial score (nSPS) is 21.3. The molecular weight excluding hydrogens is 785 g/mol. The van der Waals surface area contributed by atoms with Gasteiger partial charge in [0.2, 0.25) is 16.0 Å². The van der Waals surface area contributed by atoms with Gasteiger partial charge in [-0.2, -0.15) is 0 Å². The van der Waals surface area contributed by atoms with Crippen LogP contribution in [0.5, 0.6) is 0 Å². The van der Waals surface area contributed by atoms with E-state index in [9.17, 15) is 13.2 Å². The minimum Gasteiger partial charge on any atom is -0.459 e. The maximum Gasteiger partial charge on any atom is 0.331 e. The number of aryl methyl sites for hydroxylation is 2. The van der Waals surface area contributed by atoms with E-state index >= 15 is 4.79 Å². The van der Waals surface area contributed by atoms with Gasteiger partial charge in [-0.1, -0.05) is 45.0 Å². The second kappa shape index (κ2) is 16.7. The highest BCUT2D eigenvalue weighted by atomic mass is 32.2. The Hall–Kier alpha value is -6.32. The zero-order valence-electron chi connectivity index (χ0n) is 34.7. The first-order valence-corrected chi connectivity index (χ1v) is 21.8. The summed E-state index contributed by atoms with van der Waals surface area (Å²) in [5.74, 6) is -1.76. The number of nitrogens with zero attached hydrogens (tertiary/aromatic N) is 9. The van der Waals surface area contributed by atoms with Crippen molar-refractivity contribution in [1.29, 1.82) is 0 Å². The standard InChI is InChI=1S/C42H50N12O5S/c1-9-51(20-19-47-60(8,57)58)31-14-15-33(28(4)24-31)53(41(56)49-40-45-16-17-46-40)42(52-21-18-44-25-52)36(43-7)34(39(55)59-35-29(5)22-26(2)23-30(35)6)38-48-37(50-54(38)42)32-13-11-10-12-27(32)3/h10-18,21,24-26,29-30,35,47H,9,19-20,22-23H2,1-6,8H3,(H2,45,46,49,56). The fraction of sp³-hybridized carbons (Fsp3) is 0.405. The van der Waals surface area contributed by atoms with Crippen molar-refractivity contribution in [3.63, 3.8) is 0 Å². The van der Waals surface area contributed by atoms with Gasteiger partial charge in [-0.25, -0.2) is 47.2 Å². The molecule has 0 radical (unpaired) electrons. The van der Waals surface area contributed by atoms with Gasteiger partial charge in [0.25, 0.3) is 11.5 Å². The summed E-state index contributed by atoms with van der Waals surface area (Å²) in [5.41, 5.74) is 2.99. The van der Waals surface area contributed by atoms with E-state index in [-0.39, 0.29) is 47.2 Å². The second-order valence-corrected chi connectivity index (χ2v) is 17.6. The van der Waals surface area contributed by atoms with Crippen molar-refractivity contribution in [1.82, 2.24) is 39.0 Å². The highest BCUT2D eigenvalue weighted by Crippen LogP contribution is 2.49. The van der Waals surface area contributed by atoms with Crippen molar-refractivity contribution in [2.75, 3.05) is 41.0 Å². The van der Waals surface area contributed by atoms with E-state index in [4.69, 9.17) is 21.4 Å². The molecule has 3 N–H and O–H groups in total. The quantitative estimate of drug-likeness (QED) is 0.0936. The number of likely N-dealkylation sites (N-methyl/N-ethyl adjacent to an activating group) is 1. The molecule has 1 aliphatic carbocycles. The van der Waals surface area contributed by atoms with Crippen LogP contribution >= 0.6 is 0 Å². The number of ether oxygens (including phenoxy) is 1. The number of fused-ring (bicyclic) bond motifs is 1. The first-order valence-electron chi connectivity index (χ1n) is 19.9. The Morgan fingerprint density at radius 3 is 2.45 bits per heavy atom. The molecule has 18 heteroatoms. The Kier molecular flexibility index (Phi) is 11.7. The lowest BCUT2D eigenvalue weighted by Crippen LogP contribution is -2.59. The Morgan fingerprint density at radius 2 is 1.83 bits per heavy atom. The van der Waals surface area contributed by atoms with Crippen LogP contribution in [0.1, 0.15) is 57.5 Å².